The molecule has 2 unspecified atom stereocenters. The first-order chi connectivity index (χ1) is 61.1. The molecule has 0 spiro atoms. The van der Waals surface area contributed by atoms with E-state index in [0.717, 1.165) is 24.3 Å². The van der Waals surface area contributed by atoms with Crippen LogP contribution in [0, 0.1) is 0 Å². The quantitative estimate of drug-likeness (QED) is 0.00961. The second-order valence-electron chi connectivity index (χ2n) is 30.5. The summed E-state index contributed by atoms with van der Waals surface area (Å²) in [5.41, 5.74) is 0.315. The number of hydrogen-bond acceptors (Lipinski definition) is 14. The van der Waals surface area contributed by atoms with Gasteiger partial charge < -0.3 is 40.2 Å². The normalized spacial score (nSPS) is 13.1. The Morgan fingerprint density at radius 3 is 0.914 bits per heavy atom. The fourth-order valence-electron chi connectivity index (χ4n) is 16.0. The molecular weight excluding hydrogens is 1740 g/mol. The van der Waals surface area contributed by atoms with Gasteiger partial charge in [-0.15, -0.1) is 0 Å². The van der Waals surface area contributed by atoms with E-state index in [4.69, 9.17) is 65.4 Å². The number of nitrogens with zero attached hydrogens (tertiary/aromatic N) is 2. The van der Waals surface area contributed by atoms with Crippen molar-refractivity contribution in [3.05, 3.63) is 297 Å². The topological polar surface area (TPSA) is 262 Å². The Hall–Kier alpha value is -13.9. The van der Waals surface area contributed by atoms with Gasteiger partial charge in [-0.1, -0.05) is 194 Å². The number of fused-ring (bicyclic) bond motifs is 4. The lowest BCUT2D eigenvalue weighted by atomic mass is 9.80. The molecule has 0 aromatic heterocycles. The number of halogens is 10. The number of nitrogens with one attached hydrogen (secondary N) is 4. The zero-order valence-corrected chi connectivity index (χ0v) is 70.5. The number of hydrogen-bond donors (Lipinski definition) is 4. The second-order valence-corrected chi connectivity index (χ2v) is 32.3. The van der Waals surface area contributed by atoms with Crippen molar-refractivity contribution in [3.63, 3.8) is 0 Å². The molecule has 4 N–H and O–H groups in total. The highest BCUT2D eigenvalue weighted by molar-refractivity contribution is 6.46. The fourth-order valence-corrected chi connectivity index (χ4v) is 16.3. The lowest BCUT2D eigenvalue weighted by Crippen LogP contribution is -2.53. The molecule has 0 radical (unpaired) electrons. The summed E-state index contributed by atoms with van der Waals surface area (Å²) in [6, 6.07) is 46.8. The number of alkyl halides is 6. The summed E-state index contributed by atoms with van der Waals surface area (Å²) >= 11 is 23.7. The smallest absolute Gasteiger partial charge is 0.391 e. The standard InChI is InChI=1S/C98H72Cl4F6N6O14/c1-51(99)75(115)23-9-13-55-25-33-61(34-26-55)125-77-45-67-81-68(94(122)113(93(67)121)73(49-97(103,104)105)91(119)111-71-21-11-17-59-15-5-7-19-65(59)71)46-78(126-62-35-27-56(28-36-62)14-10-24-76(116)52(2)100)84-86-80(128-64-39-31-58(32-40-64)42-44-110-90(118)54(4)102)48-70-82-69(47-79(85(88(82)86)83(77)87(81)84)127-63-37-29-57(30-38-63)41-43-109-89(117)53(3)101)95(123)114(96(70)124)74(50-98(106,107)108)92(120)112-72-22-12-18-60-16-6-8-20-66(60)72/h5-8,11-12,15-22,25-40,45-48,73-74H,1-4,9-10,13-14,23-24,41-44,49-50H2,(H,109,117)(H,110,118)(H,111,119)(H,112,120). The summed E-state index contributed by atoms with van der Waals surface area (Å²) < 4.78 is 123. The number of imide groups is 2. The lowest BCUT2D eigenvalue weighted by Gasteiger charge is -2.36. The zero-order chi connectivity index (χ0) is 90.9. The first-order valence-corrected chi connectivity index (χ1v) is 41.6. The molecule has 0 bridgehead atoms. The molecule has 0 aliphatic carbocycles. The van der Waals surface area contributed by atoms with Gasteiger partial charge >= 0.3 is 12.4 Å². The summed E-state index contributed by atoms with van der Waals surface area (Å²) in [6.45, 7) is 14.1. The van der Waals surface area contributed by atoms with Gasteiger partial charge in [-0.2, -0.15) is 26.3 Å². The van der Waals surface area contributed by atoms with Crippen LogP contribution in [-0.2, 0) is 54.5 Å². The molecule has 13 aromatic rings. The molecule has 2 aliphatic rings. The minimum Gasteiger partial charge on any atom is -0.457 e. The molecule has 0 fully saturated rings. The van der Waals surface area contributed by atoms with Crippen molar-refractivity contribution in [2.24, 2.45) is 0 Å². The van der Waals surface area contributed by atoms with Gasteiger partial charge in [0, 0.05) is 91.2 Å². The van der Waals surface area contributed by atoms with E-state index < -0.39 is 141 Å². The molecule has 2 aliphatic heterocycles. The molecule has 2 atom stereocenters. The molecule has 13 aromatic carbocycles. The summed E-state index contributed by atoms with van der Waals surface area (Å²) in [5.74, 6) is -12.5. The molecule has 0 saturated heterocycles. The third kappa shape index (κ3) is 19.0. The van der Waals surface area contributed by atoms with Gasteiger partial charge in [0.2, 0.25) is 11.8 Å². The van der Waals surface area contributed by atoms with E-state index in [9.17, 15) is 19.2 Å². The Bertz CT molecular complexity index is 6130. The minimum atomic E-state index is -5.29. The van der Waals surface area contributed by atoms with Crippen molar-refractivity contribution >= 4 is 181 Å². The van der Waals surface area contributed by atoms with Crippen molar-refractivity contribution in [2.75, 3.05) is 23.7 Å². The van der Waals surface area contributed by atoms with E-state index in [0.29, 0.717) is 69.5 Å². The molecule has 128 heavy (non-hydrogen) atoms. The highest BCUT2D eigenvalue weighted by atomic mass is 35.5. The van der Waals surface area contributed by atoms with Crippen molar-refractivity contribution in [1.29, 1.82) is 0 Å². The number of rotatable bonds is 34. The van der Waals surface area contributed by atoms with Gasteiger partial charge in [-0.05, 0) is 156 Å². The number of allylic oxidation sites excluding steroid dienone is 2. The van der Waals surface area contributed by atoms with Crippen LogP contribution in [0.1, 0.15) is 102 Å². The predicted molar refractivity (Wildman–Crippen MR) is 478 cm³/mol. The molecular formula is C98H72Cl4F6N6O14. The molecule has 15 rings (SSSR count). The summed E-state index contributed by atoms with van der Waals surface area (Å²) in [4.78, 5) is 147. The average Bonchev–Trinajstić information content (AvgIpc) is 0.668. The van der Waals surface area contributed by atoms with E-state index in [2.05, 4.69) is 47.6 Å². The zero-order valence-electron chi connectivity index (χ0n) is 67.5. The number of benzene rings is 13. The maximum Gasteiger partial charge on any atom is 0.391 e. The van der Waals surface area contributed by atoms with Crippen LogP contribution in [0.25, 0.3) is 64.6 Å². The van der Waals surface area contributed by atoms with Crippen LogP contribution >= 0.6 is 46.4 Å². The minimum absolute atomic E-state index is 0.0168. The number of Topliss-reactive ketones (excluding diaryl/α,β-unsaturated/α-hetero) is 2. The van der Waals surface area contributed by atoms with E-state index >= 15 is 55.1 Å². The Morgan fingerprint density at radius 2 is 0.633 bits per heavy atom. The van der Waals surface area contributed by atoms with Crippen molar-refractivity contribution in [1.82, 2.24) is 20.4 Å². The summed E-state index contributed by atoms with van der Waals surface area (Å²) in [6.07, 6.45) is -13.1. The molecule has 20 nitrogen and oxygen atoms in total. The fraction of sp³-hybridized carbons (Fsp3) is 0.163. The van der Waals surface area contributed by atoms with Crippen LogP contribution in [0.5, 0.6) is 46.0 Å². The number of ether oxygens (including phenoxy) is 4. The van der Waals surface area contributed by atoms with Crippen molar-refractivity contribution in [2.45, 2.75) is 88.6 Å². The average molecular weight is 1810 g/mol. The SMILES string of the molecule is C=C(Cl)C(=O)CCCc1ccc(Oc2cc3c4c(cc(Oc5ccc(CCCC(=O)C(=C)Cl)cc5)c5c6c(Oc7ccc(CCNC(=O)C(=C)Cl)cc7)cc7c8c(cc(Oc9ccc(CCNC(=O)C(=C)Cl)cc9)c(c2c45)c86)C(=O)N(C(CC(F)(F)F)C(=O)Nc2cccc4ccccc24)C7=O)C(=O)N(C(CC(F)(F)F)C(=O)Nc2cccc4ccccc24)C3=O)cc1. The van der Waals surface area contributed by atoms with Gasteiger partial charge in [0.15, 0.2) is 11.6 Å². The number of amides is 8. The van der Waals surface area contributed by atoms with E-state index in [1.165, 1.54) is 60.7 Å². The van der Waals surface area contributed by atoms with Crippen LogP contribution < -0.4 is 40.2 Å². The second kappa shape index (κ2) is 36.9. The van der Waals surface area contributed by atoms with Crippen LogP contribution in [0.3, 0.4) is 0 Å². The monoisotopic (exact) mass is 1810 g/mol. The van der Waals surface area contributed by atoms with Crippen LogP contribution in [0.2, 0.25) is 0 Å². The first-order valence-electron chi connectivity index (χ1n) is 40.1. The number of ketones is 2. The Kier molecular flexibility index (Phi) is 25.7. The Balaban J connectivity index is 1.05. The highest BCUT2D eigenvalue weighted by Crippen LogP contribution is 2.59. The largest absolute Gasteiger partial charge is 0.457 e. The van der Waals surface area contributed by atoms with Crippen LogP contribution in [0.4, 0.5) is 37.7 Å². The molecule has 30 heteroatoms. The van der Waals surface area contributed by atoms with Gasteiger partial charge in [-0.25, -0.2) is 0 Å². The number of carbonyl (C=O) groups excluding carboxylic acids is 10. The Morgan fingerprint density at radius 1 is 0.352 bits per heavy atom. The summed E-state index contributed by atoms with van der Waals surface area (Å²) in [5, 5.41) is 9.68. The van der Waals surface area contributed by atoms with Gasteiger partial charge in [-0.3, -0.25) is 57.7 Å². The third-order valence-corrected chi connectivity index (χ3v) is 22.7. The number of aryl methyl sites for hydroxylation is 2. The van der Waals surface area contributed by atoms with Gasteiger partial charge in [0.25, 0.3) is 35.4 Å². The summed E-state index contributed by atoms with van der Waals surface area (Å²) in [7, 11) is 0. The maximum absolute atomic E-state index is 16.5. The first kappa shape index (κ1) is 88.9. The van der Waals surface area contributed by atoms with Crippen molar-refractivity contribution < 1.29 is 93.2 Å². The Labute approximate surface area is 745 Å². The van der Waals surface area contributed by atoms with Gasteiger partial charge in [0.05, 0.1) is 55.2 Å². The molecule has 8 amide bonds. The van der Waals surface area contributed by atoms with Crippen LogP contribution in [-0.4, -0.2) is 106 Å². The lowest BCUT2D eigenvalue weighted by molar-refractivity contribution is -0.151. The van der Waals surface area contributed by atoms with E-state index in [1.54, 1.807) is 121 Å². The van der Waals surface area contributed by atoms with E-state index in [1.807, 2.05) is 0 Å². The van der Waals surface area contributed by atoms with Crippen molar-refractivity contribution in [3.8, 4) is 46.0 Å². The van der Waals surface area contributed by atoms with Crippen LogP contribution in [0.15, 0.2) is 253 Å². The third-order valence-electron chi connectivity index (χ3n) is 22.0. The highest BCUT2D eigenvalue weighted by Gasteiger charge is 2.50. The molecule has 0 saturated carbocycles. The molecule has 648 valence electrons. The maximum atomic E-state index is 16.5. The molecule has 2 heterocycles. The number of carbonyl (C=O) groups is 10. The number of anilines is 2. The van der Waals surface area contributed by atoms with Gasteiger partial charge in [0.1, 0.15) is 58.1 Å². The van der Waals surface area contributed by atoms with E-state index in [-0.39, 0.29) is 146 Å². The predicted octanol–water partition coefficient (Wildman–Crippen LogP) is 22.4.